The molecule has 0 aromatic heterocycles. The first-order valence-corrected chi connectivity index (χ1v) is 10.1. The molecular weight excluding hydrogens is 442 g/mol. The number of carbonyl (C=O) groups is 2. The van der Waals surface area contributed by atoms with Crippen LogP contribution in [0.3, 0.4) is 0 Å². The molecule has 8 nitrogen and oxygen atoms in total. The highest BCUT2D eigenvalue weighted by Gasteiger charge is 2.25. The number of halogens is 1. The zero-order valence-electron chi connectivity index (χ0n) is 16.6. The molecular formula is C21H18ClN3O5S. The zero-order chi connectivity index (χ0) is 22.2. The summed E-state index contributed by atoms with van der Waals surface area (Å²) in [6, 6.07) is 12.7. The number of amides is 1. The monoisotopic (exact) mass is 459 g/mol. The molecule has 1 fully saturated rings. The molecule has 0 saturated carbocycles. The van der Waals surface area contributed by atoms with E-state index in [1.807, 2.05) is 18.2 Å². The number of hydrogen-bond acceptors (Lipinski definition) is 8. The molecule has 1 saturated heterocycles. The Hall–Kier alpha value is -3.30. The van der Waals surface area contributed by atoms with Gasteiger partial charge in [0.1, 0.15) is 6.61 Å². The maximum Gasteiger partial charge on any atom is 0.331 e. The number of benzene rings is 2. The van der Waals surface area contributed by atoms with Gasteiger partial charge in [-0.3, -0.25) is 10.1 Å². The van der Waals surface area contributed by atoms with Gasteiger partial charge in [0.25, 0.3) is 5.91 Å². The standard InChI is InChI=1S/C21H18ClN3O5S/c1-28-17-9-13(6-7-16(17)30-12-14-4-3-5-15(22)8-14)11-23-25-21-24-20(27)18(31-21)10-19(26)29-2/h3-11H,12H2,1-2H3,(H,24,25,27)/b18-10+,23-11?. The molecule has 1 aliphatic rings. The number of ether oxygens (including phenoxy) is 3. The third-order valence-corrected chi connectivity index (χ3v) is 5.06. The van der Waals surface area contributed by atoms with E-state index in [-0.39, 0.29) is 10.1 Å². The van der Waals surface area contributed by atoms with Gasteiger partial charge < -0.3 is 14.2 Å². The summed E-state index contributed by atoms with van der Waals surface area (Å²) in [6.45, 7) is 0.344. The Kier molecular flexibility index (Phi) is 7.69. The van der Waals surface area contributed by atoms with Crippen molar-refractivity contribution in [2.45, 2.75) is 6.61 Å². The fraction of sp³-hybridized carbons (Fsp3) is 0.143. The van der Waals surface area contributed by atoms with Crippen LogP contribution in [0.25, 0.3) is 0 Å². The van der Waals surface area contributed by atoms with Gasteiger partial charge in [0, 0.05) is 11.1 Å². The Labute approximate surface area is 187 Å². The molecule has 1 aliphatic heterocycles. The second kappa shape index (κ2) is 10.6. The number of hydrogen-bond donors (Lipinski definition) is 1. The Morgan fingerprint density at radius 3 is 2.77 bits per heavy atom. The van der Waals surface area contributed by atoms with E-state index in [4.69, 9.17) is 21.1 Å². The van der Waals surface area contributed by atoms with Gasteiger partial charge in [-0.25, -0.2) is 4.79 Å². The lowest BCUT2D eigenvalue weighted by Gasteiger charge is -2.11. The van der Waals surface area contributed by atoms with Crippen LogP contribution in [-0.2, 0) is 20.9 Å². The van der Waals surface area contributed by atoms with E-state index in [0.29, 0.717) is 23.1 Å². The van der Waals surface area contributed by atoms with Gasteiger partial charge in [-0.2, -0.15) is 5.10 Å². The predicted molar refractivity (Wildman–Crippen MR) is 120 cm³/mol. The van der Waals surface area contributed by atoms with Crippen molar-refractivity contribution in [1.29, 1.82) is 0 Å². The smallest absolute Gasteiger partial charge is 0.331 e. The van der Waals surface area contributed by atoms with E-state index in [2.05, 4.69) is 20.3 Å². The maximum atomic E-state index is 11.8. The molecule has 0 unspecified atom stereocenters. The second-order valence-electron chi connectivity index (χ2n) is 6.07. The van der Waals surface area contributed by atoms with Crippen LogP contribution < -0.4 is 14.8 Å². The van der Waals surface area contributed by atoms with Crippen LogP contribution in [0.1, 0.15) is 11.1 Å². The summed E-state index contributed by atoms with van der Waals surface area (Å²) in [6.07, 6.45) is 2.60. The number of carbonyl (C=O) groups excluding carboxylic acids is 2. The SMILES string of the molecule is COC(=O)/C=C1/S/C(=N\N=Cc2ccc(OCc3cccc(Cl)c3)c(OC)c2)NC1=O. The third kappa shape index (κ3) is 6.34. The Balaban J connectivity index is 1.65. The van der Waals surface area contributed by atoms with Crippen molar-refractivity contribution >= 4 is 46.6 Å². The second-order valence-corrected chi connectivity index (χ2v) is 7.53. The van der Waals surface area contributed by atoms with Crippen LogP contribution in [0.4, 0.5) is 0 Å². The van der Waals surface area contributed by atoms with Crippen molar-refractivity contribution in [2.75, 3.05) is 14.2 Å². The quantitative estimate of drug-likeness (QED) is 0.294. The first-order valence-electron chi connectivity index (χ1n) is 8.93. The van der Waals surface area contributed by atoms with Crippen LogP contribution in [0.2, 0.25) is 5.02 Å². The van der Waals surface area contributed by atoms with E-state index < -0.39 is 11.9 Å². The number of amidine groups is 1. The third-order valence-electron chi connectivity index (χ3n) is 3.93. The van der Waals surface area contributed by atoms with E-state index in [0.717, 1.165) is 29.0 Å². The highest BCUT2D eigenvalue weighted by Crippen LogP contribution is 2.29. The topological polar surface area (TPSA) is 98.6 Å². The largest absolute Gasteiger partial charge is 0.493 e. The molecule has 10 heteroatoms. The number of nitrogens with one attached hydrogen (secondary N) is 1. The number of rotatable bonds is 7. The lowest BCUT2D eigenvalue weighted by Crippen LogP contribution is -2.19. The van der Waals surface area contributed by atoms with Gasteiger partial charge in [-0.05, 0) is 53.2 Å². The van der Waals surface area contributed by atoms with Crippen LogP contribution in [-0.4, -0.2) is 37.5 Å². The van der Waals surface area contributed by atoms with Crippen molar-refractivity contribution in [3.63, 3.8) is 0 Å². The van der Waals surface area contributed by atoms with E-state index in [1.54, 1.807) is 31.4 Å². The normalized spacial score (nSPS) is 16.0. The predicted octanol–water partition coefficient (Wildman–Crippen LogP) is 3.54. The summed E-state index contributed by atoms with van der Waals surface area (Å²) in [7, 11) is 2.78. The molecule has 0 aliphatic carbocycles. The average molecular weight is 460 g/mol. The fourth-order valence-electron chi connectivity index (χ4n) is 2.46. The van der Waals surface area contributed by atoms with Gasteiger partial charge in [0.15, 0.2) is 16.7 Å². The molecule has 31 heavy (non-hydrogen) atoms. The molecule has 3 rings (SSSR count). The molecule has 2 aromatic carbocycles. The van der Waals surface area contributed by atoms with E-state index in [1.165, 1.54) is 13.3 Å². The van der Waals surface area contributed by atoms with Crippen LogP contribution >= 0.6 is 23.4 Å². The van der Waals surface area contributed by atoms with Crippen molar-refractivity contribution in [3.05, 3.63) is 69.6 Å². The van der Waals surface area contributed by atoms with E-state index in [9.17, 15) is 9.59 Å². The summed E-state index contributed by atoms with van der Waals surface area (Å²) in [5, 5.41) is 11.3. The van der Waals surface area contributed by atoms with Crippen molar-refractivity contribution in [3.8, 4) is 11.5 Å². The minimum absolute atomic E-state index is 0.184. The zero-order valence-corrected chi connectivity index (χ0v) is 18.2. The molecule has 2 aromatic rings. The average Bonchev–Trinajstić information content (AvgIpc) is 3.11. The summed E-state index contributed by atoms with van der Waals surface area (Å²) < 4.78 is 15.7. The first kappa shape index (κ1) is 22.4. The minimum Gasteiger partial charge on any atom is -0.493 e. The van der Waals surface area contributed by atoms with Crippen molar-refractivity contribution in [1.82, 2.24) is 5.32 Å². The van der Waals surface area contributed by atoms with Gasteiger partial charge in [0.2, 0.25) is 0 Å². The summed E-state index contributed by atoms with van der Waals surface area (Å²) in [5.41, 5.74) is 1.66. The van der Waals surface area contributed by atoms with Gasteiger partial charge >= 0.3 is 5.97 Å². The highest BCUT2D eigenvalue weighted by atomic mass is 35.5. The molecule has 0 spiro atoms. The van der Waals surface area contributed by atoms with Gasteiger partial charge in [-0.1, -0.05) is 23.7 Å². The number of nitrogens with zero attached hydrogens (tertiary/aromatic N) is 2. The summed E-state index contributed by atoms with van der Waals surface area (Å²) >= 11 is 6.99. The Morgan fingerprint density at radius 2 is 2.03 bits per heavy atom. The van der Waals surface area contributed by atoms with E-state index >= 15 is 0 Å². The van der Waals surface area contributed by atoms with Crippen molar-refractivity contribution < 1.29 is 23.8 Å². The molecule has 160 valence electrons. The Bertz CT molecular complexity index is 1080. The summed E-state index contributed by atoms with van der Waals surface area (Å²) in [5.74, 6) is 0.0482. The maximum absolute atomic E-state index is 11.8. The van der Waals surface area contributed by atoms with Gasteiger partial charge in [0.05, 0.1) is 25.3 Å². The number of methoxy groups -OCH3 is 2. The molecule has 1 amide bonds. The minimum atomic E-state index is -0.618. The molecule has 0 bridgehead atoms. The lowest BCUT2D eigenvalue weighted by atomic mass is 10.2. The molecule has 0 atom stereocenters. The molecule has 1 N–H and O–H groups in total. The number of esters is 1. The van der Waals surface area contributed by atoms with Crippen molar-refractivity contribution in [2.24, 2.45) is 10.2 Å². The van der Waals surface area contributed by atoms with Crippen LogP contribution in [0.5, 0.6) is 11.5 Å². The highest BCUT2D eigenvalue weighted by molar-refractivity contribution is 8.18. The van der Waals surface area contributed by atoms with Crippen LogP contribution in [0, 0.1) is 0 Å². The first-order chi connectivity index (χ1) is 15.0. The van der Waals surface area contributed by atoms with Crippen LogP contribution in [0.15, 0.2) is 63.6 Å². The summed E-state index contributed by atoms with van der Waals surface area (Å²) in [4.78, 5) is 23.2. The molecule has 0 radical (unpaired) electrons. The number of thioether (sulfide) groups is 1. The molecule has 1 heterocycles. The van der Waals surface area contributed by atoms with Gasteiger partial charge in [-0.15, -0.1) is 5.10 Å². The Morgan fingerprint density at radius 1 is 1.19 bits per heavy atom. The lowest BCUT2D eigenvalue weighted by molar-refractivity contribution is -0.135. The fourth-order valence-corrected chi connectivity index (χ4v) is 3.41.